The maximum atomic E-state index is 13.2. The molecule has 1 N–H and O–H groups in total. The highest BCUT2D eigenvalue weighted by atomic mass is 32.2. The molecule has 4 atom stereocenters. The minimum atomic E-state index is -3.49. The lowest BCUT2D eigenvalue weighted by molar-refractivity contribution is -0.126. The molecule has 3 rings (SSSR count). The van der Waals surface area contributed by atoms with Crippen LogP contribution in [0.5, 0.6) is 0 Å². The Morgan fingerprint density at radius 3 is 2.42 bits per heavy atom. The lowest BCUT2D eigenvalue weighted by Crippen LogP contribution is -2.53. The molecule has 3 aliphatic heterocycles. The fourth-order valence-electron chi connectivity index (χ4n) is 5.78. The largest absolute Gasteiger partial charge is 0.356 e. The van der Waals surface area contributed by atoms with Gasteiger partial charge in [-0.25, -0.2) is 0 Å². The first-order chi connectivity index (χ1) is 14.8. The summed E-state index contributed by atoms with van der Waals surface area (Å²) in [5.74, 6) is 0.553. The second-order valence-electron chi connectivity index (χ2n) is 10.2. The van der Waals surface area contributed by atoms with Gasteiger partial charge in [0.1, 0.15) is 0 Å². The topological polar surface area (TPSA) is 73.0 Å². The van der Waals surface area contributed by atoms with Crippen molar-refractivity contribution in [1.29, 1.82) is 0 Å². The maximum absolute atomic E-state index is 13.2. The van der Waals surface area contributed by atoms with Crippen molar-refractivity contribution in [3.63, 3.8) is 0 Å². The van der Waals surface area contributed by atoms with Crippen molar-refractivity contribution in [2.24, 2.45) is 17.8 Å². The number of amides is 1. The Kier molecular flexibility index (Phi) is 9.20. The highest BCUT2D eigenvalue weighted by Gasteiger charge is 2.38. The van der Waals surface area contributed by atoms with Gasteiger partial charge in [-0.2, -0.15) is 17.0 Å². The van der Waals surface area contributed by atoms with Crippen LogP contribution in [0, 0.1) is 17.8 Å². The fourth-order valence-corrected chi connectivity index (χ4v) is 7.72. The summed E-state index contributed by atoms with van der Waals surface area (Å²) < 4.78 is 29.6. The quantitative estimate of drug-likeness (QED) is 0.570. The van der Waals surface area contributed by atoms with Crippen molar-refractivity contribution in [3.8, 4) is 0 Å². The van der Waals surface area contributed by atoms with E-state index >= 15 is 0 Å². The summed E-state index contributed by atoms with van der Waals surface area (Å²) >= 11 is 0. The van der Waals surface area contributed by atoms with Crippen LogP contribution < -0.4 is 5.32 Å². The van der Waals surface area contributed by atoms with Crippen LogP contribution in [0.2, 0.25) is 0 Å². The summed E-state index contributed by atoms with van der Waals surface area (Å²) in [4.78, 5) is 15.3. The first-order valence-electron chi connectivity index (χ1n) is 12.6. The van der Waals surface area contributed by atoms with Crippen LogP contribution in [0.3, 0.4) is 0 Å². The third-order valence-electron chi connectivity index (χ3n) is 7.38. The van der Waals surface area contributed by atoms with Crippen LogP contribution in [0.25, 0.3) is 0 Å². The Morgan fingerprint density at radius 1 is 0.968 bits per heavy atom. The van der Waals surface area contributed by atoms with Gasteiger partial charge in [-0.3, -0.25) is 4.79 Å². The number of likely N-dealkylation sites (tertiary alicyclic amines) is 1. The molecule has 7 nitrogen and oxygen atoms in total. The summed E-state index contributed by atoms with van der Waals surface area (Å²) in [7, 11) is -3.49. The van der Waals surface area contributed by atoms with E-state index in [1.807, 2.05) is 0 Å². The number of nitrogens with zero attached hydrogens (tertiary/aromatic N) is 3. The first-order valence-corrected chi connectivity index (χ1v) is 14.0. The molecule has 180 valence electrons. The molecule has 0 aromatic rings. The number of piperidine rings is 3. The minimum absolute atomic E-state index is 0.0194. The van der Waals surface area contributed by atoms with E-state index in [0.717, 1.165) is 32.2 Å². The minimum Gasteiger partial charge on any atom is -0.356 e. The van der Waals surface area contributed by atoms with Crippen molar-refractivity contribution in [1.82, 2.24) is 18.8 Å². The molecular weight excluding hydrogens is 412 g/mol. The predicted octanol–water partition coefficient (Wildman–Crippen LogP) is 2.69. The lowest BCUT2D eigenvalue weighted by atomic mass is 9.94. The highest BCUT2D eigenvalue weighted by molar-refractivity contribution is 7.86. The van der Waals surface area contributed by atoms with Crippen LogP contribution in [0.1, 0.15) is 72.1 Å². The normalized spacial score (nSPS) is 32.1. The average Bonchev–Trinajstić information content (AvgIpc) is 2.76. The first kappa shape index (κ1) is 24.9. The monoisotopic (exact) mass is 456 g/mol. The number of rotatable bonds is 8. The Hall–Kier alpha value is -0.700. The molecule has 31 heavy (non-hydrogen) atoms. The summed E-state index contributed by atoms with van der Waals surface area (Å²) in [5.41, 5.74) is 0. The maximum Gasteiger partial charge on any atom is 0.282 e. The molecule has 3 saturated heterocycles. The van der Waals surface area contributed by atoms with Crippen LogP contribution in [-0.4, -0.2) is 79.7 Å². The Morgan fingerprint density at radius 2 is 1.71 bits per heavy atom. The summed E-state index contributed by atoms with van der Waals surface area (Å²) in [5, 5.41) is 3.09. The molecule has 0 unspecified atom stereocenters. The zero-order valence-electron chi connectivity index (χ0n) is 19.9. The lowest BCUT2D eigenvalue weighted by Gasteiger charge is -2.39. The molecule has 8 heteroatoms. The molecule has 0 bridgehead atoms. The molecule has 0 radical (unpaired) electrons. The average molecular weight is 457 g/mol. The number of carbonyl (C=O) groups excluding carboxylic acids is 1. The number of hydrogen-bond acceptors (Lipinski definition) is 4. The van der Waals surface area contributed by atoms with E-state index in [2.05, 4.69) is 31.0 Å². The van der Waals surface area contributed by atoms with E-state index < -0.39 is 10.2 Å². The smallest absolute Gasteiger partial charge is 0.282 e. The number of nitrogens with one attached hydrogen (secondary N) is 1. The highest BCUT2D eigenvalue weighted by Crippen LogP contribution is 2.27. The summed E-state index contributed by atoms with van der Waals surface area (Å²) in [6.07, 6.45) is 8.67. The van der Waals surface area contributed by atoms with E-state index in [1.165, 1.54) is 32.2 Å². The van der Waals surface area contributed by atoms with E-state index in [-0.39, 0.29) is 11.8 Å². The standard InChI is InChI=1S/C23H44N4O3S/c1-4-22-10-5-6-12-25(22)13-8-11-24-23(28)21-9-7-14-26(18-21)31(29,30)27-16-19(2)15-20(3)17-27/h19-22H,4-18H2,1-3H3,(H,24,28)/t19-,20+,21-,22-/m1/s1. The van der Waals surface area contributed by atoms with Crippen LogP contribution >= 0.6 is 0 Å². The molecule has 0 aromatic carbocycles. The molecule has 0 saturated carbocycles. The van der Waals surface area contributed by atoms with Gasteiger partial charge in [0.2, 0.25) is 5.91 Å². The summed E-state index contributed by atoms with van der Waals surface area (Å²) in [6.45, 7) is 11.4. The Bertz CT molecular complexity index is 676. The number of hydrogen-bond donors (Lipinski definition) is 1. The molecule has 3 fully saturated rings. The van der Waals surface area contributed by atoms with Crippen molar-refractivity contribution in [3.05, 3.63) is 0 Å². The van der Waals surface area contributed by atoms with E-state index in [9.17, 15) is 13.2 Å². The second kappa shape index (κ2) is 11.4. The van der Waals surface area contributed by atoms with Gasteiger partial charge < -0.3 is 10.2 Å². The van der Waals surface area contributed by atoms with Gasteiger partial charge in [0.05, 0.1) is 5.92 Å². The van der Waals surface area contributed by atoms with Crippen LogP contribution in [-0.2, 0) is 15.0 Å². The van der Waals surface area contributed by atoms with Crippen LogP contribution in [0.4, 0.5) is 0 Å². The molecule has 3 aliphatic rings. The molecule has 0 spiro atoms. The zero-order valence-corrected chi connectivity index (χ0v) is 20.7. The van der Waals surface area contributed by atoms with Crippen molar-refractivity contribution >= 4 is 16.1 Å². The Balaban J connectivity index is 1.45. The molecular formula is C23H44N4O3S. The third-order valence-corrected chi connectivity index (χ3v) is 9.32. The van der Waals surface area contributed by atoms with Gasteiger partial charge in [0, 0.05) is 45.3 Å². The second-order valence-corrected chi connectivity index (χ2v) is 12.1. The van der Waals surface area contributed by atoms with Gasteiger partial charge in [0.15, 0.2) is 0 Å². The molecule has 0 aromatic heterocycles. The number of carbonyl (C=O) groups is 1. The van der Waals surface area contributed by atoms with Crippen molar-refractivity contribution in [2.45, 2.75) is 78.2 Å². The third kappa shape index (κ3) is 6.65. The molecule has 0 aliphatic carbocycles. The van der Waals surface area contributed by atoms with Crippen molar-refractivity contribution in [2.75, 3.05) is 45.8 Å². The van der Waals surface area contributed by atoms with Crippen LogP contribution in [0.15, 0.2) is 0 Å². The molecule has 1 amide bonds. The predicted molar refractivity (Wildman–Crippen MR) is 125 cm³/mol. The van der Waals surface area contributed by atoms with E-state index in [4.69, 9.17) is 0 Å². The Labute approximate surface area is 190 Å². The van der Waals surface area contributed by atoms with Gasteiger partial charge in [-0.15, -0.1) is 0 Å². The molecule has 3 heterocycles. The van der Waals surface area contributed by atoms with Gasteiger partial charge in [-0.1, -0.05) is 27.2 Å². The van der Waals surface area contributed by atoms with E-state index in [1.54, 1.807) is 8.61 Å². The van der Waals surface area contributed by atoms with Crippen molar-refractivity contribution < 1.29 is 13.2 Å². The van der Waals surface area contributed by atoms with Gasteiger partial charge in [0.25, 0.3) is 10.2 Å². The summed E-state index contributed by atoms with van der Waals surface area (Å²) in [6, 6.07) is 0.696. The SMILES string of the molecule is CC[C@@H]1CCCCN1CCCNC(=O)[C@@H]1CCCN(S(=O)(=O)N2C[C@H](C)C[C@H](C)C2)C1. The zero-order chi connectivity index (χ0) is 22.4. The fraction of sp³-hybridized carbons (Fsp3) is 0.957. The van der Waals surface area contributed by atoms with Gasteiger partial charge in [-0.05, 0) is 63.3 Å². The van der Waals surface area contributed by atoms with Gasteiger partial charge >= 0.3 is 0 Å². The van der Waals surface area contributed by atoms with E-state index in [0.29, 0.717) is 50.6 Å².